The fourth-order valence-electron chi connectivity index (χ4n) is 4.20. The summed E-state index contributed by atoms with van der Waals surface area (Å²) >= 11 is 12.1. The first-order chi connectivity index (χ1) is 13.9. The second-order valence-electron chi connectivity index (χ2n) is 7.62. The Morgan fingerprint density at radius 3 is 2.48 bits per heavy atom. The smallest absolute Gasteiger partial charge is 0.254 e. The van der Waals surface area contributed by atoms with Crippen molar-refractivity contribution in [3.8, 4) is 0 Å². The number of anilines is 1. The number of hydrogen-bond donors (Lipinski definition) is 0. The van der Waals surface area contributed by atoms with Crippen LogP contribution in [0.5, 0.6) is 0 Å². The highest BCUT2D eigenvalue weighted by molar-refractivity contribution is 6.35. The molecule has 5 nitrogen and oxygen atoms in total. The van der Waals surface area contributed by atoms with Crippen LogP contribution in [0.4, 0.5) is 5.69 Å². The van der Waals surface area contributed by atoms with E-state index in [2.05, 4.69) is 17.0 Å². The Labute approximate surface area is 180 Å². The van der Waals surface area contributed by atoms with Crippen molar-refractivity contribution in [3.05, 3.63) is 63.6 Å². The zero-order valence-electron chi connectivity index (χ0n) is 16.3. The van der Waals surface area contributed by atoms with Gasteiger partial charge in [-0.2, -0.15) is 0 Å². The molecule has 1 atom stereocenters. The van der Waals surface area contributed by atoms with Gasteiger partial charge in [0.25, 0.3) is 5.91 Å². The van der Waals surface area contributed by atoms with Crippen molar-refractivity contribution >= 4 is 40.7 Å². The second kappa shape index (κ2) is 8.25. The molecule has 29 heavy (non-hydrogen) atoms. The molecule has 0 aliphatic carbocycles. The zero-order chi connectivity index (χ0) is 20.5. The summed E-state index contributed by atoms with van der Waals surface area (Å²) in [4.78, 5) is 32.2. The van der Waals surface area contributed by atoms with Crippen molar-refractivity contribution in [2.24, 2.45) is 0 Å². The van der Waals surface area contributed by atoms with Crippen molar-refractivity contribution < 1.29 is 9.59 Å². The van der Waals surface area contributed by atoms with Gasteiger partial charge in [-0.15, -0.1) is 0 Å². The van der Waals surface area contributed by atoms with Crippen molar-refractivity contribution in [3.63, 3.8) is 0 Å². The van der Waals surface area contributed by atoms with Crippen LogP contribution in [0.1, 0.15) is 28.8 Å². The molecule has 2 amide bonds. The number of rotatable bonds is 2. The zero-order valence-corrected chi connectivity index (χ0v) is 17.8. The summed E-state index contributed by atoms with van der Waals surface area (Å²) in [5, 5.41) is 0.824. The third kappa shape index (κ3) is 4.07. The molecule has 0 saturated carbocycles. The van der Waals surface area contributed by atoms with Gasteiger partial charge in [0.15, 0.2) is 0 Å². The molecule has 152 valence electrons. The molecule has 0 bridgehead atoms. The van der Waals surface area contributed by atoms with E-state index >= 15 is 0 Å². The molecule has 1 saturated heterocycles. The van der Waals surface area contributed by atoms with Crippen molar-refractivity contribution in [1.29, 1.82) is 0 Å². The Balaban J connectivity index is 1.56. The van der Waals surface area contributed by atoms with Gasteiger partial charge in [-0.1, -0.05) is 41.4 Å². The number of fused-ring (bicyclic) bond motifs is 1. The summed E-state index contributed by atoms with van der Waals surface area (Å²) < 4.78 is 0. The molecule has 0 N–H and O–H groups in total. The SMILES string of the molecule is CN1CCN(C(=O)C2CCCN2C(=O)c2cc(Cl)cc(Cl)c2)Cc2ccccc21. The summed E-state index contributed by atoms with van der Waals surface area (Å²) in [6, 6.07) is 12.5. The lowest BCUT2D eigenvalue weighted by molar-refractivity contribution is -0.135. The van der Waals surface area contributed by atoms with Gasteiger partial charge in [0.1, 0.15) is 6.04 Å². The fourth-order valence-corrected chi connectivity index (χ4v) is 4.73. The van der Waals surface area contributed by atoms with E-state index in [1.54, 1.807) is 23.1 Å². The molecule has 0 aromatic heterocycles. The molecular formula is C22H23Cl2N3O2. The number of benzene rings is 2. The Morgan fingerprint density at radius 1 is 1.00 bits per heavy atom. The average molecular weight is 432 g/mol. The van der Waals surface area contributed by atoms with Crippen LogP contribution in [0.3, 0.4) is 0 Å². The summed E-state index contributed by atoms with van der Waals surface area (Å²) in [5.41, 5.74) is 2.69. The normalized spacial score (nSPS) is 19.1. The van der Waals surface area contributed by atoms with E-state index in [-0.39, 0.29) is 11.8 Å². The molecule has 1 fully saturated rings. The maximum Gasteiger partial charge on any atom is 0.254 e. The largest absolute Gasteiger partial charge is 0.373 e. The number of likely N-dealkylation sites (tertiary alicyclic amines) is 1. The molecule has 1 unspecified atom stereocenters. The van der Waals surface area contributed by atoms with E-state index in [9.17, 15) is 9.59 Å². The minimum absolute atomic E-state index is 0.00841. The maximum atomic E-state index is 13.4. The van der Waals surface area contributed by atoms with Gasteiger partial charge in [0, 0.05) is 54.5 Å². The lowest BCUT2D eigenvalue weighted by Gasteiger charge is -2.30. The molecule has 7 heteroatoms. The summed E-state index contributed by atoms with van der Waals surface area (Å²) in [5.74, 6) is -0.188. The highest BCUT2D eigenvalue weighted by Crippen LogP contribution is 2.28. The number of hydrogen-bond acceptors (Lipinski definition) is 3. The van der Waals surface area contributed by atoms with Crippen LogP contribution >= 0.6 is 23.2 Å². The van der Waals surface area contributed by atoms with Gasteiger partial charge < -0.3 is 14.7 Å². The number of amides is 2. The van der Waals surface area contributed by atoms with Crippen molar-refractivity contribution in [1.82, 2.24) is 9.80 Å². The van der Waals surface area contributed by atoms with Gasteiger partial charge in [0.05, 0.1) is 0 Å². The fraction of sp³-hybridized carbons (Fsp3) is 0.364. The molecule has 0 radical (unpaired) electrons. The Morgan fingerprint density at radius 2 is 1.72 bits per heavy atom. The number of carbonyl (C=O) groups excluding carboxylic acids is 2. The average Bonchev–Trinajstić information content (AvgIpc) is 3.12. The van der Waals surface area contributed by atoms with E-state index in [1.165, 1.54) is 0 Å². The van der Waals surface area contributed by atoms with Crippen molar-refractivity contribution in [2.45, 2.75) is 25.4 Å². The number of nitrogens with zero attached hydrogens (tertiary/aromatic N) is 3. The maximum absolute atomic E-state index is 13.4. The molecular weight excluding hydrogens is 409 g/mol. The summed E-state index contributed by atoms with van der Waals surface area (Å²) in [6.07, 6.45) is 1.48. The number of halogens is 2. The lowest BCUT2D eigenvalue weighted by atomic mass is 10.1. The first kappa shape index (κ1) is 20.0. The van der Waals surface area contributed by atoms with Gasteiger partial charge in [-0.3, -0.25) is 9.59 Å². The molecule has 2 aliphatic rings. The highest BCUT2D eigenvalue weighted by atomic mass is 35.5. The quantitative estimate of drug-likeness (QED) is 0.719. The molecule has 2 aromatic carbocycles. The Hall–Kier alpha value is -2.24. The number of para-hydroxylation sites is 1. The minimum atomic E-state index is -0.448. The van der Waals surface area contributed by atoms with Gasteiger partial charge in [-0.05, 0) is 42.7 Å². The number of carbonyl (C=O) groups is 2. The summed E-state index contributed by atoms with van der Waals surface area (Å²) in [7, 11) is 2.04. The van der Waals surface area contributed by atoms with Crippen LogP contribution < -0.4 is 4.90 Å². The third-order valence-corrected chi connectivity index (χ3v) is 6.13. The van der Waals surface area contributed by atoms with Crippen LogP contribution in [0, 0.1) is 0 Å². The van der Waals surface area contributed by atoms with E-state index < -0.39 is 6.04 Å². The van der Waals surface area contributed by atoms with Gasteiger partial charge in [0.2, 0.25) is 5.91 Å². The molecule has 0 spiro atoms. The van der Waals surface area contributed by atoms with Crippen LogP contribution in [-0.2, 0) is 11.3 Å². The lowest BCUT2D eigenvalue weighted by Crippen LogP contribution is -2.48. The predicted molar refractivity (Wildman–Crippen MR) is 116 cm³/mol. The van der Waals surface area contributed by atoms with Crippen molar-refractivity contribution in [2.75, 3.05) is 31.6 Å². The van der Waals surface area contributed by atoms with E-state index in [0.717, 1.165) is 24.2 Å². The predicted octanol–water partition coefficient (Wildman–Crippen LogP) is 4.08. The first-order valence-corrected chi connectivity index (χ1v) is 10.5. The first-order valence-electron chi connectivity index (χ1n) is 9.79. The highest BCUT2D eigenvalue weighted by Gasteiger charge is 2.37. The van der Waals surface area contributed by atoms with Crippen LogP contribution in [0.15, 0.2) is 42.5 Å². The molecule has 4 rings (SSSR count). The van der Waals surface area contributed by atoms with E-state index in [1.807, 2.05) is 24.1 Å². The molecule has 2 aromatic rings. The van der Waals surface area contributed by atoms with Crippen LogP contribution in [0.25, 0.3) is 0 Å². The Bertz CT molecular complexity index is 929. The molecule has 2 heterocycles. The molecule has 2 aliphatic heterocycles. The van der Waals surface area contributed by atoms with Crippen LogP contribution in [0.2, 0.25) is 10.0 Å². The topological polar surface area (TPSA) is 43.9 Å². The van der Waals surface area contributed by atoms with Crippen LogP contribution in [-0.4, -0.2) is 54.3 Å². The summed E-state index contributed by atoms with van der Waals surface area (Å²) in [6.45, 7) is 2.50. The standard InChI is InChI=1S/C22H23Cl2N3O2/c1-25-9-10-26(14-15-5-2-3-6-19(15)25)22(29)20-7-4-8-27(20)21(28)16-11-17(23)13-18(24)12-16/h2-3,5-6,11-13,20H,4,7-10,14H2,1H3. The minimum Gasteiger partial charge on any atom is -0.373 e. The monoisotopic (exact) mass is 431 g/mol. The second-order valence-corrected chi connectivity index (χ2v) is 8.50. The van der Waals surface area contributed by atoms with E-state index in [4.69, 9.17) is 23.2 Å². The van der Waals surface area contributed by atoms with Gasteiger partial charge in [-0.25, -0.2) is 0 Å². The number of likely N-dealkylation sites (N-methyl/N-ethyl adjacent to an activating group) is 1. The van der Waals surface area contributed by atoms with E-state index in [0.29, 0.717) is 41.7 Å². The Kier molecular flexibility index (Phi) is 5.70. The third-order valence-electron chi connectivity index (χ3n) is 5.69. The van der Waals surface area contributed by atoms with Gasteiger partial charge >= 0.3 is 0 Å².